The number of hydrogen-bond acceptors (Lipinski definition) is 5. The molecule has 0 aromatic heterocycles. The minimum atomic E-state index is -0.129. The van der Waals surface area contributed by atoms with Crippen molar-refractivity contribution in [3.63, 3.8) is 0 Å². The number of nitrogens with one attached hydrogen (secondary N) is 1. The molecule has 30 heavy (non-hydrogen) atoms. The van der Waals surface area contributed by atoms with E-state index in [1.165, 1.54) is 0 Å². The van der Waals surface area contributed by atoms with Gasteiger partial charge < -0.3 is 19.7 Å². The van der Waals surface area contributed by atoms with E-state index >= 15 is 0 Å². The number of ether oxygens (including phenoxy) is 2. The van der Waals surface area contributed by atoms with Crippen molar-refractivity contribution in [2.24, 2.45) is 0 Å². The first-order chi connectivity index (χ1) is 14.6. The van der Waals surface area contributed by atoms with Crippen LogP contribution in [0.1, 0.15) is 17.2 Å². The van der Waals surface area contributed by atoms with E-state index in [0.717, 1.165) is 43.9 Å². The van der Waals surface area contributed by atoms with Crippen LogP contribution >= 0.6 is 0 Å². The maximum atomic E-state index is 12.7. The Bertz CT molecular complexity index is 846. The summed E-state index contributed by atoms with van der Waals surface area (Å²) in [6.07, 6.45) is 3.33. The number of carbonyl (C=O) groups excluding carboxylic acids is 1. The summed E-state index contributed by atoms with van der Waals surface area (Å²) in [5.41, 5.74) is 1.93. The molecule has 6 heteroatoms. The van der Waals surface area contributed by atoms with Crippen LogP contribution in [0.25, 0.3) is 6.08 Å². The Kier molecular flexibility index (Phi) is 7.88. The Morgan fingerprint density at radius 2 is 1.80 bits per heavy atom. The lowest BCUT2D eigenvalue weighted by atomic mass is 10.1. The molecule has 2 aromatic rings. The maximum absolute atomic E-state index is 12.7. The predicted octanol–water partition coefficient (Wildman–Crippen LogP) is 2.82. The molecule has 1 N–H and O–H groups in total. The van der Waals surface area contributed by atoms with Crippen LogP contribution in [-0.2, 0) is 4.79 Å². The second-order valence-electron chi connectivity index (χ2n) is 7.52. The molecule has 1 saturated heterocycles. The molecule has 1 aliphatic rings. The number of carbonyl (C=O) groups is 1. The fourth-order valence-electron chi connectivity index (χ4n) is 3.55. The zero-order valence-electron chi connectivity index (χ0n) is 18.0. The van der Waals surface area contributed by atoms with Gasteiger partial charge in [0.05, 0.1) is 20.3 Å². The van der Waals surface area contributed by atoms with Gasteiger partial charge in [0.2, 0.25) is 5.91 Å². The van der Waals surface area contributed by atoms with Gasteiger partial charge in [-0.2, -0.15) is 0 Å². The van der Waals surface area contributed by atoms with Crippen molar-refractivity contribution in [2.75, 3.05) is 54.0 Å². The third-order valence-corrected chi connectivity index (χ3v) is 5.41. The first kappa shape index (κ1) is 21.9. The van der Waals surface area contributed by atoms with Gasteiger partial charge in [-0.05, 0) is 30.8 Å². The van der Waals surface area contributed by atoms with Crippen molar-refractivity contribution in [1.82, 2.24) is 15.1 Å². The van der Waals surface area contributed by atoms with Gasteiger partial charge in [0, 0.05) is 50.4 Å². The first-order valence-electron chi connectivity index (χ1n) is 10.3. The first-order valence-corrected chi connectivity index (χ1v) is 10.3. The molecule has 0 spiro atoms. The molecule has 6 nitrogen and oxygen atoms in total. The van der Waals surface area contributed by atoms with Crippen LogP contribution in [0.2, 0.25) is 0 Å². The fourth-order valence-corrected chi connectivity index (χ4v) is 3.55. The molecule has 2 aromatic carbocycles. The zero-order chi connectivity index (χ0) is 21.3. The topological polar surface area (TPSA) is 54.0 Å². The minimum Gasteiger partial charge on any atom is -0.497 e. The molecular formula is C24H31N3O3. The predicted molar refractivity (Wildman–Crippen MR) is 120 cm³/mol. The summed E-state index contributed by atoms with van der Waals surface area (Å²) in [5.74, 6) is 1.25. The number of rotatable bonds is 8. The Morgan fingerprint density at radius 1 is 1.07 bits per heavy atom. The highest BCUT2D eigenvalue weighted by Crippen LogP contribution is 2.25. The van der Waals surface area contributed by atoms with E-state index in [2.05, 4.69) is 34.3 Å². The molecule has 1 unspecified atom stereocenters. The van der Waals surface area contributed by atoms with E-state index in [4.69, 9.17) is 9.47 Å². The Labute approximate surface area is 179 Å². The highest BCUT2D eigenvalue weighted by Gasteiger charge is 2.20. The average Bonchev–Trinajstić information content (AvgIpc) is 2.79. The molecule has 0 aliphatic carbocycles. The largest absolute Gasteiger partial charge is 0.497 e. The number of nitrogens with zero attached hydrogens (tertiary/aromatic N) is 2. The summed E-state index contributed by atoms with van der Waals surface area (Å²) in [5, 5.41) is 3.18. The van der Waals surface area contributed by atoms with Gasteiger partial charge in [-0.25, -0.2) is 0 Å². The summed E-state index contributed by atoms with van der Waals surface area (Å²) in [6, 6.07) is 15.6. The number of piperazine rings is 1. The van der Waals surface area contributed by atoms with Gasteiger partial charge in [-0.3, -0.25) is 9.69 Å². The summed E-state index contributed by atoms with van der Waals surface area (Å²) in [6.45, 7) is 4.91. The van der Waals surface area contributed by atoms with Crippen LogP contribution in [-0.4, -0.2) is 69.7 Å². The third-order valence-electron chi connectivity index (χ3n) is 5.41. The van der Waals surface area contributed by atoms with E-state index in [9.17, 15) is 4.79 Å². The van der Waals surface area contributed by atoms with Gasteiger partial charge >= 0.3 is 0 Å². The van der Waals surface area contributed by atoms with Crippen molar-refractivity contribution >= 4 is 12.0 Å². The summed E-state index contributed by atoms with van der Waals surface area (Å²) in [7, 11) is 5.36. The quantitative estimate of drug-likeness (QED) is 0.680. The normalized spacial score (nSPS) is 16.4. The monoisotopic (exact) mass is 409 g/mol. The second-order valence-corrected chi connectivity index (χ2v) is 7.52. The van der Waals surface area contributed by atoms with Crippen LogP contribution < -0.4 is 14.8 Å². The average molecular weight is 410 g/mol. The smallest absolute Gasteiger partial charge is 0.244 e. The molecule has 1 amide bonds. The highest BCUT2D eigenvalue weighted by molar-refractivity contribution is 5.92. The van der Waals surface area contributed by atoms with Crippen molar-refractivity contribution in [3.8, 4) is 11.5 Å². The van der Waals surface area contributed by atoms with Crippen LogP contribution in [0.3, 0.4) is 0 Å². The van der Waals surface area contributed by atoms with Crippen molar-refractivity contribution in [1.29, 1.82) is 0 Å². The maximum Gasteiger partial charge on any atom is 0.244 e. The number of benzene rings is 2. The lowest BCUT2D eigenvalue weighted by molar-refractivity contribution is -0.117. The minimum absolute atomic E-state index is 0.0653. The van der Waals surface area contributed by atoms with Gasteiger partial charge in [-0.1, -0.05) is 30.3 Å². The molecule has 1 atom stereocenters. The van der Waals surface area contributed by atoms with Crippen LogP contribution in [0, 0.1) is 0 Å². The molecule has 0 radical (unpaired) electrons. The number of methoxy groups -OCH3 is 2. The summed E-state index contributed by atoms with van der Waals surface area (Å²) >= 11 is 0. The van der Waals surface area contributed by atoms with Crippen LogP contribution in [0.5, 0.6) is 11.5 Å². The van der Waals surface area contributed by atoms with E-state index < -0.39 is 0 Å². The molecule has 0 saturated carbocycles. The number of hydrogen-bond donors (Lipinski definition) is 1. The third kappa shape index (κ3) is 6.08. The number of amides is 1. The van der Waals surface area contributed by atoms with E-state index in [0.29, 0.717) is 11.5 Å². The summed E-state index contributed by atoms with van der Waals surface area (Å²) in [4.78, 5) is 17.5. The molecule has 160 valence electrons. The van der Waals surface area contributed by atoms with Crippen molar-refractivity contribution in [2.45, 2.75) is 6.04 Å². The van der Waals surface area contributed by atoms with Crippen LogP contribution in [0.15, 0.2) is 54.6 Å². The Balaban J connectivity index is 1.69. The highest BCUT2D eigenvalue weighted by atomic mass is 16.5. The van der Waals surface area contributed by atoms with Crippen molar-refractivity contribution < 1.29 is 14.3 Å². The van der Waals surface area contributed by atoms with Gasteiger partial charge in [0.15, 0.2) is 0 Å². The SMILES string of the molecule is COc1ccc(/C=C/C(=O)NC(CN2CCN(C)CC2)c2ccccc2)c(OC)c1. The summed E-state index contributed by atoms with van der Waals surface area (Å²) < 4.78 is 10.6. The lowest BCUT2D eigenvalue weighted by Crippen LogP contribution is -2.47. The lowest BCUT2D eigenvalue weighted by Gasteiger charge is -2.34. The second kappa shape index (κ2) is 10.8. The Hall–Kier alpha value is -2.83. The molecule has 1 fully saturated rings. The zero-order valence-corrected chi connectivity index (χ0v) is 18.0. The number of likely N-dealkylation sites (N-methyl/N-ethyl adjacent to an activating group) is 1. The fraction of sp³-hybridized carbons (Fsp3) is 0.375. The van der Waals surface area contributed by atoms with Crippen molar-refractivity contribution in [3.05, 3.63) is 65.7 Å². The Morgan fingerprint density at radius 3 is 2.47 bits per heavy atom. The van der Waals surface area contributed by atoms with E-state index in [1.807, 2.05) is 30.3 Å². The molecular weight excluding hydrogens is 378 g/mol. The molecule has 1 heterocycles. The van der Waals surface area contributed by atoms with Gasteiger partial charge in [-0.15, -0.1) is 0 Å². The van der Waals surface area contributed by atoms with E-state index in [1.54, 1.807) is 32.4 Å². The van der Waals surface area contributed by atoms with Crippen LogP contribution in [0.4, 0.5) is 0 Å². The van der Waals surface area contributed by atoms with Gasteiger partial charge in [0.25, 0.3) is 0 Å². The molecule has 0 bridgehead atoms. The van der Waals surface area contributed by atoms with Gasteiger partial charge in [0.1, 0.15) is 11.5 Å². The van der Waals surface area contributed by atoms with E-state index in [-0.39, 0.29) is 11.9 Å². The standard InChI is InChI=1S/C24H31N3O3/c1-26-13-15-27(16-14-26)18-22(19-7-5-4-6-8-19)25-24(28)12-10-20-9-11-21(29-2)17-23(20)30-3/h4-12,17,22H,13-16,18H2,1-3H3,(H,25,28)/b12-10+. The molecule has 3 rings (SSSR count). The molecule has 1 aliphatic heterocycles.